The van der Waals surface area contributed by atoms with E-state index in [-0.39, 0.29) is 11.7 Å². The number of rotatable bonds is 9. The molecule has 0 aliphatic carbocycles. The number of carbonyl (C=O) groups excluding carboxylic acids is 3. The molecule has 0 fully saturated rings. The fourth-order valence-electron chi connectivity index (χ4n) is 2.58. The van der Waals surface area contributed by atoms with Crippen LogP contribution in [0.1, 0.15) is 31.3 Å². The lowest BCUT2D eigenvalue weighted by molar-refractivity contribution is -0.156. The Labute approximate surface area is 174 Å². The summed E-state index contributed by atoms with van der Waals surface area (Å²) in [6.07, 6.45) is 0.269. The molecule has 0 unspecified atom stereocenters. The van der Waals surface area contributed by atoms with Crippen molar-refractivity contribution in [2.45, 2.75) is 32.9 Å². The summed E-state index contributed by atoms with van der Waals surface area (Å²) in [5, 5.41) is 5.22. The van der Waals surface area contributed by atoms with Gasteiger partial charge in [-0.1, -0.05) is 13.8 Å². The van der Waals surface area contributed by atoms with Crippen molar-refractivity contribution in [1.29, 1.82) is 0 Å². The Hall–Kier alpha value is -3.49. The molecule has 9 heteroatoms. The number of nitrogens with one attached hydrogen (secondary N) is 2. The van der Waals surface area contributed by atoms with E-state index >= 15 is 0 Å². The van der Waals surface area contributed by atoms with E-state index in [1.165, 1.54) is 33.5 Å². The smallest absolute Gasteiger partial charge is 0.329 e. The molecular formula is C21H26N2O7. The van der Waals surface area contributed by atoms with Crippen molar-refractivity contribution in [3.8, 4) is 11.5 Å². The van der Waals surface area contributed by atoms with Crippen LogP contribution in [0.15, 0.2) is 41.0 Å². The predicted molar refractivity (Wildman–Crippen MR) is 109 cm³/mol. The minimum atomic E-state index is -1.09. The van der Waals surface area contributed by atoms with E-state index in [0.29, 0.717) is 17.2 Å². The Morgan fingerprint density at radius 1 is 1.00 bits per heavy atom. The Kier molecular flexibility index (Phi) is 7.85. The number of amides is 2. The maximum absolute atomic E-state index is 12.6. The zero-order chi connectivity index (χ0) is 22.3. The van der Waals surface area contributed by atoms with Crippen molar-refractivity contribution >= 4 is 23.5 Å². The van der Waals surface area contributed by atoms with Gasteiger partial charge in [-0.3, -0.25) is 9.59 Å². The number of methoxy groups -OCH3 is 2. The zero-order valence-electron chi connectivity index (χ0n) is 17.6. The summed E-state index contributed by atoms with van der Waals surface area (Å²) in [5.41, 5.74) is 0.451. The lowest BCUT2D eigenvalue weighted by Gasteiger charge is -2.22. The summed E-state index contributed by atoms with van der Waals surface area (Å²) in [6, 6.07) is 6.97. The fourth-order valence-corrected chi connectivity index (χ4v) is 2.58. The first kappa shape index (κ1) is 22.8. The highest BCUT2D eigenvalue weighted by Gasteiger charge is 2.30. The average Bonchev–Trinajstić information content (AvgIpc) is 3.26. The quantitative estimate of drug-likeness (QED) is 0.601. The third-order valence-electron chi connectivity index (χ3n) is 4.27. The lowest BCUT2D eigenvalue weighted by atomic mass is 10.0. The Morgan fingerprint density at radius 2 is 1.70 bits per heavy atom. The second kappa shape index (κ2) is 10.3. The van der Waals surface area contributed by atoms with Crippen LogP contribution in [0.3, 0.4) is 0 Å². The number of esters is 1. The number of benzene rings is 1. The Balaban J connectivity index is 2.00. The van der Waals surface area contributed by atoms with Gasteiger partial charge in [-0.2, -0.15) is 0 Å². The minimum Gasteiger partial charge on any atom is -0.493 e. The summed E-state index contributed by atoms with van der Waals surface area (Å²) in [6.45, 7) is 4.95. The van der Waals surface area contributed by atoms with Gasteiger partial charge in [-0.25, -0.2) is 4.79 Å². The van der Waals surface area contributed by atoms with Gasteiger partial charge in [0.2, 0.25) is 0 Å². The summed E-state index contributed by atoms with van der Waals surface area (Å²) in [4.78, 5) is 37.2. The summed E-state index contributed by atoms with van der Waals surface area (Å²) in [7, 11) is 2.99. The predicted octanol–water partition coefficient (Wildman–Crippen LogP) is 2.62. The monoisotopic (exact) mass is 418 g/mol. The molecule has 9 nitrogen and oxygen atoms in total. The molecule has 1 aromatic carbocycles. The number of ether oxygens (including phenoxy) is 3. The van der Waals surface area contributed by atoms with Crippen LogP contribution in [0.4, 0.5) is 5.69 Å². The first-order chi connectivity index (χ1) is 14.3. The van der Waals surface area contributed by atoms with Crippen LogP contribution >= 0.6 is 0 Å². The molecule has 0 bridgehead atoms. The van der Waals surface area contributed by atoms with Gasteiger partial charge in [-0.05, 0) is 37.1 Å². The van der Waals surface area contributed by atoms with Crippen molar-refractivity contribution < 1.29 is 33.0 Å². The van der Waals surface area contributed by atoms with Crippen LogP contribution in [-0.4, -0.2) is 44.1 Å². The molecule has 0 radical (unpaired) electrons. The van der Waals surface area contributed by atoms with Crippen molar-refractivity contribution in [2.75, 3.05) is 19.5 Å². The van der Waals surface area contributed by atoms with Crippen LogP contribution in [0.25, 0.3) is 0 Å². The third kappa shape index (κ3) is 5.76. The maximum Gasteiger partial charge on any atom is 0.329 e. The van der Waals surface area contributed by atoms with Gasteiger partial charge in [0.1, 0.15) is 6.04 Å². The number of anilines is 1. The lowest BCUT2D eigenvalue weighted by Crippen LogP contribution is -2.47. The normalized spacial score (nSPS) is 12.6. The second-order valence-corrected chi connectivity index (χ2v) is 6.81. The zero-order valence-corrected chi connectivity index (χ0v) is 17.6. The van der Waals surface area contributed by atoms with E-state index in [4.69, 9.17) is 18.6 Å². The number of carbonyl (C=O) groups is 3. The third-order valence-corrected chi connectivity index (χ3v) is 4.27. The van der Waals surface area contributed by atoms with Gasteiger partial charge in [0, 0.05) is 11.8 Å². The summed E-state index contributed by atoms with van der Waals surface area (Å²) in [5.74, 6) is -1.03. The van der Waals surface area contributed by atoms with Gasteiger partial charge in [0.05, 0.1) is 20.5 Å². The van der Waals surface area contributed by atoms with Gasteiger partial charge < -0.3 is 29.3 Å². The molecule has 2 atom stereocenters. The molecule has 0 saturated carbocycles. The highest BCUT2D eigenvalue weighted by atomic mass is 16.5. The maximum atomic E-state index is 12.6. The van der Waals surface area contributed by atoms with Crippen LogP contribution < -0.4 is 20.1 Å². The topological polar surface area (TPSA) is 116 Å². The van der Waals surface area contributed by atoms with Gasteiger partial charge >= 0.3 is 5.97 Å². The second-order valence-electron chi connectivity index (χ2n) is 6.81. The van der Waals surface area contributed by atoms with Crippen molar-refractivity contribution in [1.82, 2.24) is 5.32 Å². The largest absolute Gasteiger partial charge is 0.493 e. The van der Waals surface area contributed by atoms with E-state index < -0.39 is 29.9 Å². The molecule has 2 rings (SSSR count). The average molecular weight is 418 g/mol. The minimum absolute atomic E-state index is 0.0766. The Morgan fingerprint density at radius 3 is 2.27 bits per heavy atom. The highest BCUT2D eigenvalue weighted by molar-refractivity contribution is 5.97. The van der Waals surface area contributed by atoms with E-state index in [2.05, 4.69) is 10.6 Å². The standard InChI is InChI=1S/C21H26N2O7/c1-12(2)18(23-20(25)16-7-6-10-29-16)21(26)30-13(3)19(24)22-14-8-9-15(27-4)17(11-14)28-5/h6-13,18H,1-5H3,(H,22,24)(H,23,25)/t13-,18+/m1/s1. The van der Waals surface area contributed by atoms with Crippen LogP contribution in [-0.2, 0) is 14.3 Å². The SMILES string of the molecule is COc1ccc(NC(=O)[C@@H](C)OC(=O)[C@@H](NC(=O)c2ccco2)C(C)C)cc1OC. The molecule has 2 aromatic rings. The van der Waals surface area contributed by atoms with Crippen LogP contribution in [0, 0.1) is 5.92 Å². The van der Waals surface area contributed by atoms with Gasteiger partial charge in [-0.15, -0.1) is 0 Å². The molecular weight excluding hydrogens is 392 g/mol. The highest BCUT2D eigenvalue weighted by Crippen LogP contribution is 2.29. The number of hydrogen-bond acceptors (Lipinski definition) is 7. The van der Waals surface area contributed by atoms with Crippen molar-refractivity contribution in [2.24, 2.45) is 5.92 Å². The molecule has 30 heavy (non-hydrogen) atoms. The van der Waals surface area contributed by atoms with Gasteiger partial charge in [0.25, 0.3) is 11.8 Å². The van der Waals surface area contributed by atoms with Crippen molar-refractivity contribution in [3.63, 3.8) is 0 Å². The van der Waals surface area contributed by atoms with Crippen LogP contribution in [0.2, 0.25) is 0 Å². The molecule has 0 aliphatic heterocycles. The Bertz CT molecular complexity index is 877. The van der Waals surface area contributed by atoms with Crippen molar-refractivity contribution in [3.05, 3.63) is 42.4 Å². The fraction of sp³-hybridized carbons (Fsp3) is 0.381. The van der Waals surface area contributed by atoms with E-state index in [9.17, 15) is 14.4 Å². The molecule has 0 spiro atoms. The summed E-state index contributed by atoms with van der Waals surface area (Å²) >= 11 is 0. The molecule has 2 amide bonds. The van der Waals surface area contributed by atoms with E-state index in [1.807, 2.05) is 0 Å². The molecule has 162 valence electrons. The van der Waals surface area contributed by atoms with Crippen LogP contribution in [0.5, 0.6) is 11.5 Å². The first-order valence-electron chi connectivity index (χ1n) is 9.34. The number of furan rings is 1. The van der Waals surface area contributed by atoms with E-state index in [0.717, 1.165) is 0 Å². The van der Waals surface area contributed by atoms with Gasteiger partial charge in [0.15, 0.2) is 23.4 Å². The molecule has 2 N–H and O–H groups in total. The first-order valence-corrected chi connectivity index (χ1v) is 9.34. The molecule has 0 aliphatic rings. The number of hydrogen-bond donors (Lipinski definition) is 2. The molecule has 0 saturated heterocycles. The summed E-state index contributed by atoms with van der Waals surface area (Å²) < 4.78 is 20.7. The molecule has 1 heterocycles. The van der Waals surface area contributed by atoms with E-state index in [1.54, 1.807) is 38.1 Å². The molecule has 1 aromatic heterocycles.